The molecule has 2 atom stereocenters. The molecule has 2 aliphatic heterocycles. The SMILES string of the molecule is C=CCc1ccc(OCC(=O)N2CCC3CCC(C2)N3)c(OC)c1.Cl. The summed E-state index contributed by atoms with van der Waals surface area (Å²) in [7, 11) is 1.61. The summed E-state index contributed by atoms with van der Waals surface area (Å²) < 4.78 is 11.1. The van der Waals surface area contributed by atoms with E-state index in [1.165, 1.54) is 6.42 Å². The molecule has 25 heavy (non-hydrogen) atoms. The summed E-state index contributed by atoms with van der Waals surface area (Å²) in [5.41, 5.74) is 1.11. The van der Waals surface area contributed by atoms with Crippen LogP contribution in [0.25, 0.3) is 0 Å². The molecule has 0 saturated carbocycles. The average Bonchev–Trinajstić information content (AvgIpc) is 2.92. The van der Waals surface area contributed by atoms with Crippen molar-refractivity contribution in [1.82, 2.24) is 10.2 Å². The number of hydrogen-bond donors (Lipinski definition) is 1. The van der Waals surface area contributed by atoms with Crippen LogP contribution in [0.15, 0.2) is 30.9 Å². The molecule has 0 aliphatic carbocycles. The topological polar surface area (TPSA) is 50.8 Å². The van der Waals surface area contributed by atoms with Crippen LogP contribution in [-0.2, 0) is 11.2 Å². The Morgan fingerprint density at radius 3 is 2.88 bits per heavy atom. The van der Waals surface area contributed by atoms with Gasteiger partial charge < -0.3 is 19.7 Å². The number of amides is 1. The number of ether oxygens (including phenoxy) is 2. The highest BCUT2D eigenvalue weighted by molar-refractivity contribution is 5.85. The van der Waals surface area contributed by atoms with Gasteiger partial charge in [-0.1, -0.05) is 12.1 Å². The van der Waals surface area contributed by atoms with E-state index in [1.54, 1.807) is 7.11 Å². The Bertz CT molecular complexity index is 608. The fraction of sp³-hybridized carbons (Fsp3) is 0.526. The van der Waals surface area contributed by atoms with E-state index < -0.39 is 0 Å². The zero-order valence-corrected chi connectivity index (χ0v) is 15.5. The molecule has 1 N–H and O–H groups in total. The van der Waals surface area contributed by atoms with Gasteiger partial charge in [-0.25, -0.2) is 0 Å². The monoisotopic (exact) mass is 366 g/mol. The Kier molecular flexibility index (Phi) is 7.14. The van der Waals surface area contributed by atoms with Crippen molar-refractivity contribution >= 4 is 18.3 Å². The molecule has 2 saturated heterocycles. The van der Waals surface area contributed by atoms with Gasteiger partial charge in [0.05, 0.1) is 7.11 Å². The normalized spacial score (nSPS) is 21.9. The fourth-order valence-corrected chi connectivity index (χ4v) is 3.53. The van der Waals surface area contributed by atoms with Crippen LogP contribution < -0.4 is 14.8 Å². The van der Waals surface area contributed by atoms with E-state index in [0.717, 1.165) is 37.9 Å². The van der Waals surface area contributed by atoms with Crippen LogP contribution >= 0.6 is 12.4 Å². The molecular weight excluding hydrogens is 340 g/mol. The van der Waals surface area contributed by atoms with E-state index >= 15 is 0 Å². The molecule has 138 valence electrons. The van der Waals surface area contributed by atoms with Gasteiger partial charge in [-0.3, -0.25) is 4.79 Å². The lowest BCUT2D eigenvalue weighted by Crippen LogP contribution is -2.41. The lowest BCUT2D eigenvalue weighted by Gasteiger charge is -2.24. The van der Waals surface area contributed by atoms with Gasteiger partial charge in [0.15, 0.2) is 18.1 Å². The first-order valence-corrected chi connectivity index (χ1v) is 8.64. The first-order chi connectivity index (χ1) is 11.7. The Hall–Kier alpha value is -1.72. The number of benzene rings is 1. The number of methoxy groups -OCH3 is 1. The molecule has 2 fully saturated rings. The summed E-state index contributed by atoms with van der Waals surface area (Å²) in [5.74, 6) is 1.30. The number of fused-ring (bicyclic) bond motifs is 2. The Morgan fingerprint density at radius 2 is 2.12 bits per heavy atom. The molecular formula is C19H27ClN2O3. The zero-order valence-electron chi connectivity index (χ0n) is 14.7. The van der Waals surface area contributed by atoms with Gasteiger partial charge in [0.25, 0.3) is 5.91 Å². The maximum Gasteiger partial charge on any atom is 0.260 e. The van der Waals surface area contributed by atoms with Crippen molar-refractivity contribution in [2.75, 3.05) is 26.8 Å². The molecule has 6 heteroatoms. The summed E-state index contributed by atoms with van der Waals surface area (Å²) >= 11 is 0. The number of carbonyl (C=O) groups excluding carboxylic acids is 1. The largest absolute Gasteiger partial charge is 0.493 e. The van der Waals surface area contributed by atoms with Crippen LogP contribution in [0.4, 0.5) is 0 Å². The number of halogens is 1. The van der Waals surface area contributed by atoms with Crippen LogP contribution in [-0.4, -0.2) is 49.7 Å². The van der Waals surface area contributed by atoms with E-state index in [9.17, 15) is 4.79 Å². The standard InChI is InChI=1S/C19H26N2O3.ClH/c1-3-4-14-5-8-17(18(11-14)23-2)24-13-19(22)21-10-9-15-6-7-16(12-21)20-15;/h3,5,8,11,15-16,20H,1,4,6-7,9-10,12-13H2,2H3;1H. The number of nitrogens with zero attached hydrogens (tertiary/aromatic N) is 1. The molecule has 3 rings (SSSR count). The van der Waals surface area contributed by atoms with Crippen LogP contribution in [0.3, 0.4) is 0 Å². The summed E-state index contributed by atoms with van der Waals surface area (Å²) in [6.07, 6.45) is 6.05. The predicted octanol–water partition coefficient (Wildman–Crippen LogP) is 2.58. The van der Waals surface area contributed by atoms with Gasteiger partial charge in [0, 0.05) is 25.2 Å². The summed E-state index contributed by atoms with van der Waals surface area (Å²) in [6.45, 7) is 5.39. The third-order valence-electron chi connectivity index (χ3n) is 4.84. The third-order valence-corrected chi connectivity index (χ3v) is 4.84. The maximum atomic E-state index is 12.5. The average molecular weight is 367 g/mol. The Labute approximate surface area is 155 Å². The smallest absolute Gasteiger partial charge is 0.260 e. The van der Waals surface area contributed by atoms with Crippen molar-refractivity contribution in [3.05, 3.63) is 36.4 Å². The Morgan fingerprint density at radius 1 is 1.32 bits per heavy atom. The van der Waals surface area contributed by atoms with Gasteiger partial charge >= 0.3 is 0 Å². The zero-order chi connectivity index (χ0) is 16.9. The second-order valence-corrected chi connectivity index (χ2v) is 6.53. The predicted molar refractivity (Wildman–Crippen MR) is 101 cm³/mol. The first kappa shape index (κ1) is 19.6. The second-order valence-electron chi connectivity index (χ2n) is 6.53. The van der Waals surface area contributed by atoms with E-state index in [0.29, 0.717) is 23.6 Å². The molecule has 1 aromatic rings. The van der Waals surface area contributed by atoms with Gasteiger partial charge in [-0.2, -0.15) is 0 Å². The summed E-state index contributed by atoms with van der Waals surface area (Å²) in [6, 6.07) is 6.77. The van der Waals surface area contributed by atoms with Gasteiger partial charge in [0.1, 0.15) is 0 Å². The molecule has 5 nitrogen and oxygen atoms in total. The van der Waals surface area contributed by atoms with Gasteiger partial charge in [-0.05, 0) is 43.4 Å². The molecule has 2 unspecified atom stereocenters. The van der Waals surface area contributed by atoms with E-state index in [2.05, 4.69) is 11.9 Å². The van der Waals surface area contributed by atoms with Crippen molar-refractivity contribution in [3.8, 4) is 11.5 Å². The Balaban J connectivity index is 0.00000225. The van der Waals surface area contributed by atoms with Gasteiger partial charge in [0.2, 0.25) is 0 Å². The van der Waals surface area contributed by atoms with Crippen molar-refractivity contribution in [2.45, 2.75) is 37.8 Å². The molecule has 1 aromatic carbocycles. The van der Waals surface area contributed by atoms with Crippen LogP contribution in [0.2, 0.25) is 0 Å². The highest BCUT2D eigenvalue weighted by Gasteiger charge is 2.31. The van der Waals surface area contributed by atoms with Crippen molar-refractivity contribution in [1.29, 1.82) is 0 Å². The number of carbonyl (C=O) groups is 1. The number of hydrogen-bond acceptors (Lipinski definition) is 4. The molecule has 0 aromatic heterocycles. The third kappa shape index (κ3) is 4.89. The van der Waals surface area contributed by atoms with Crippen molar-refractivity contribution in [3.63, 3.8) is 0 Å². The van der Waals surface area contributed by atoms with Crippen LogP contribution in [0, 0.1) is 0 Å². The highest BCUT2D eigenvalue weighted by Crippen LogP contribution is 2.28. The lowest BCUT2D eigenvalue weighted by atomic mass is 10.1. The molecule has 2 aliphatic rings. The van der Waals surface area contributed by atoms with Gasteiger partial charge in [-0.15, -0.1) is 19.0 Å². The molecule has 2 heterocycles. The number of allylic oxidation sites excluding steroid dienone is 1. The minimum atomic E-state index is 0. The quantitative estimate of drug-likeness (QED) is 0.786. The number of nitrogens with one attached hydrogen (secondary N) is 1. The minimum absolute atomic E-state index is 0. The van der Waals surface area contributed by atoms with E-state index in [1.807, 2.05) is 29.2 Å². The van der Waals surface area contributed by atoms with Crippen LogP contribution in [0.1, 0.15) is 24.8 Å². The summed E-state index contributed by atoms with van der Waals surface area (Å²) in [4.78, 5) is 14.4. The molecule has 0 spiro atoms. The minimum Gasteiger partial charge on any atom is -0.493 e. The number of likely N-dealkylation sites (tertiary alicyclic amines) is 1. The molecule has 2 bridgehead atoms. The lowest BCUT2D eigenvalue weighted by molar-refractivity contribution is -0.133. The molecule has 0 radical (unpaired) electrons. The highest BCUT2D eigenvalue weighted by atomic mass is 35.5. The fourth-order valence-electron chi connectivity index (χ4n) is 3.53. The molecule has 1 amide bonds. The number of rotatable bonds is 6. The van der Waals surface area contributed by atoms with E-state index in [-0.39, 0.29) is 24.9 Å². The first-order valence-electron chi connectivity index (χ1n) is 8.64. The summed E-state index contributed by atoms with van der Waals surface area (Å²) in [5, 5.41) is 3.59. The van der Waals surface area contributed by atoms with Crippen LogP contribution in [0.5, 0.6) is 11.5 Å². The van der Waals surface area contributed by atoms with E-state index in [4.69, 9.17) is 9.47 Å². The second kappa shape index (κ2) is 9.11. The van der Waals surface area contributed by atoms with Crippen molar-refractivity contribution < 1.29 is 14.3 Å². The maximum absolute atomic E-state index is 12.5. The van der Waals surface area contributed by atoms with Crippen molar-refractivity contribution in [2.24, 2.45) is 0 Å².